The maximum Gasteiger partial charge on any atom is 0.269 e. The van der Waals surface area contributed by atoms with Gasteiger partial charge in [0, 0.05) is 42.1 Å². The number of carbonyl (C=O) groups is 2. The van der Waals surface area contributed by atoms with Crippen LogP contribution in [0.3, 0.4) is 0 Å². The van der Waals surface area contributed by atoms with E-state index in [9.17, 15) is 19.7 Å². The van der Waals surface area contributed by atoms with E-state index in [2.05, 4.69) is 15.6 Å². The molecule has 0 aliphatic rings. The molecule has 1 aromatic heterocycles. The number of hydrogen-bond acceptors (Lipinski definition) is 6. The van der Waals surface area contributed by atoms with Gasteiger partial charge in [0.05, 0.1) is 10.6 Å². The lowest BCUT2D eigenvalue weighted by atomic mass is 10.1. The summed E-state index contributed by atoms with van der Waals surface area (Å²) in [6, 6.07) is 13.2. The Labute approximate surface area is 170 Å². The zero-order chi connectivity index (χ0) is 20.8. The van der Waals surface area contributed by atoms with E-state index in [1.807, 2.05) is 29.6 Å². The molecule has 3 aromatic rings. The van der Waals surface area contributed by atoms with Gasteiger partial charge >= 0.3 is 0 Å². The first-order chi connectivity index (χ1) is 13.9. The summed E-state index contributed by atoms with van der Waals surface area (Å²) in [6.07, 6.45) is 0.744. The Balaban J connectivity index is 1.62. The molecule has 148 valence electrons. The molecule has 0 atom stereocenters. The van der Waals surface area contributed by atoms with E-state index in [0.717, 1.165) is 23.2 Å². The largest absolute Gasteiger partial charge is 0.356 e. The third-order valence-electron chi connectivity index (χ3n) is 4.10. The Hall–Kier alpha value is -3.59. The van der Waals surface area contributed by atoms with Crippen molar-refractivity contribution in [2.75, 3.05) is 11.9 Å². The monoisotopic (exact) mass is 410 g/mol. The molecule has 0 spiro atoms. The molecule has 0 unspecified atom stereocenters. The van der Waals surface area contributed by atoms with Crippen molar-refractivity contribution in [2.45, 2.75) is 13.3 Å². The lowest BCUT2D eigenvalue weighted by molar-refractivity contribution is -0.384. The lowest BCUT2D eigenvalue weighted by Gasteiger charge is -2.04. The van der Waals surface area contributed by atoms with E-state index in [1.54, 1.807) is 0 Å². The number of aromatic nitrogens is 1. The van der Waals surface area contributed by atoms with E-state index in [0.29, 0.717) is 17.2 Å². The summed E-state index contributed by atoms with van der Waals surface area (Å²) in [7, 11) is 0. The number of hydrogen-bond donors (Lipinski definition) is 2. The second-order valence-corrected chi connectivity index (χ2v) is 7.08. The molecule has 1 heterocycles. The molecule has 2 amide bonds. The molecule has 9 heteroatoms. The van der Waals surface area contributed by atoms with Gasteiger partial charge in [0.2, 0.25) is 5.91 Å². The average Bonchev–Trinajstić information content (AvgIpc) is 3.16. The number of nitro benzene ring substituents is 1. The number of rotatable bonds is 7. The molecule has 0 radical (unpaired) electrons. The number of anilines is 1. The summed E-state index contributed by atoms with van der Waals surface area (Å²) >= 11 is 1.30. The van der Waals surface area contributed by atoms with Gasteiger partial charge in [0.15, 0.2) is 5.13 Å². The molecule has 2 N–H and O–H groups in total. The SMILES string of the molecule is CC(=O)NCCc1ccc(-c2csc(NC(=O)c3ccc([N+](=O)[O-])cc3)n2)cc1. The summed E-state index contributed by atoms with van der Waals surface area (Å²) in [4.78, 5) is 37.8. The molecule has 3 rings (SSSR count). The Bertz CT molecular complexity index is 1030. The number of thiazole rings is 1. The van der Waals surface area contributed by atoms with Crippen molar-refractivity contribution in [3.8, 4) is 11.3 Å². The fourth-order valence-electron chi connectivity index (χ4n) is 2.59. The Morgan fingerprint density at radius 2 is 1.79 bits per heavy atom. The molecule has 0 fully saturated rings. The van der Waals surface area contributed by atoms with Crippen molar-refractivity contribution in [1.82, 2.24) is 10.3 Å². The molecule has 29 heavy (non-hydrogen) atoms. The zero-order valence-electron chi connectivity index (χ0n) is 15.5. The maximum absolute atomic E-state index is 12.3. The van der Waals surface area contributed by atoms with Crippen LogP contribution >= 0.6 is 11.3 Å². The fourth-order valence-corrected chi connectivity index (χ4v) is 3.31. The lowest BCUT2D eigenvalue weighted by Crippen LogP contribution is -2.22. The van der Waals surface area contributed by atoms with Crippen LogP contribution in [0.25, 0.3) is 11.3 Å². The summed E-state index contributed by atoms with van der Waals surface area (Å²) in [6.45, 7) is 2.08. The second kappa shape index (κ2) is 9.07. The van der Waals surface area contributed by atoms with E-state index >= 15 is 0 Å². The molecular formula is C20H18N4O4S. The standard InChI is InChI=1S/C20H18N4O4S/c1-13(25)21-11-10-14-2-4-15(5-3-14)18-12-29-20(22-18)23-19(26)16-6-8-17(9-7-16)24(27)28/h2-9,12H,10-11H2,1H3,(H,21,25)(H,22,23,26). The van der Waals surface area contributed by atoms with Crippen LogP contribution < -0.4 is 10.6 Å². The highest BCUT2D eigenvalue weighted by atomic mass is 32.1. The van der Waals surface area contributed by atoms with Crippen molar-refractivity contribution in [3.63, 3.8) is 0 Å². The first kappa shape index (κ1) is 20.2. The molecule has 2 aromatic carbocycles. The van der Waals surface area contributed by atoms with Gasteiger partial charge in [-0.3, -0.25) is 25.0 Å². The van der Waals surface area contributed by atoms with E-state index in [-0.39, 0.29) is 17.5 Å². The third kappa shape index (κ3) is 5.45. The Morgan fingerprint density at radius 3 is 2.41 bits per heavy atom. The van der Waals surface area contributed by atoms with Crippen LogP contribution in [0.4, 0.5) is 10.8 Å². The number of nitrogens with zero attached hydrogens (tertiary/aromatic N) is 2. The van der Waals surface area contributed by atoms with Gasteiger partial charge in [-0.05, 0) is 24.1 Å². The van der Waals surface area contributed by atoms with E-state index < -0.39 is 4.92 Å². The molecule has 0 bridgehead atoms. The van der Waals surface area contributed by atoms with Crippen molar-refractivity contribution in [1.29, 1.82) is 0 Å². The first-order valence-corrected chi connectivity index (χ1v) is 9.65. The van der Waals surface area contributed by atoms with Crippen LogP contribution in [0, 0.1) is 10.1 Å². The van der Waals surface area contributed by atoms with Crippen LogP contribution in [0.2, 0.25) is 0 Å². The number of nitrogens with one attached hydrogen (secondary N) is 2. The number of amides is 2. The van der Waals surface area contributed by atoms with Gasteiger partial charge in [-0.1, -0.05) is 24.3 Å². The fraction of sp³-hybridized carbons (Fsp3) is 0.150. The van der Waals surface area contributed by atoms with Gasteiger partial charge in [0.1, 0.15) is 0 Å². The minimum Gasteiger partial charge on any atom is -0.356 e. The molecule has 0 aliphatic carbocycles. The normalized spacial score (nSPS) is 10.4. The van der Waals surface area contributed by atoms with Gasteiger partial charge in [-0.2, -0.15) is 0 Å². The quantitative estimate of drug-likeness (QED) is 0.456. The third-order valence-corrected chi connectivity index (χ3v) is 4.86. The Kier molecular flexibility index (Phi) is 6.30. The van der Waals surface area contributed by atoms with Crippen molar-refractivity contribution >= 4 is 34.0 Å². The predicted octanol–water partition coefficient (Wildman–Crippen LogP) is 3.65. The van der Waals surface area contributed by atoms with Crippen molar-refractivity contribution in [3.05, 3.63) is 75.2 Å². The van der Waals surface area contributed by atoms with Crippen LogP contribution in [0.5, 0.6) is 0 Å². The van der Waals surface area contributed by atoms with Crippen LogP contribution in [0.1, 0.15) is 22.8 Å². The Morgan fingerprint density at radius 1 is 1.10 bits per heavy atom. The summed E-state index contributed by atoms with van der Waals surface area (Å²) in [5, 5.41) is 18.4. The molecule has 0 aliphatic heterocycles. The second-order valence-electron chi connectivity index (χ2n) is 6.23. The molecular weight excluding hydrogens is 392 g/mol. The van der Waals surface area contributed by atoms with Gasteiger partial charge < -0.3 is 5.32 Å². The van der Waals surface area contributed by atoms with E-state index in [1.165, 1.54) is 42.5 Å². The first-order valence-electron chi connectivity index (χ1n) is 8.77. The number of carbonyl (C=O) groups excluding carboxylic acids is 2. The zero-order valence-corrected chi connectivity index (χ0v) is 16.4. The minimum atomic E-state index is -0.514. The molecule has 0 saturated carbocycles. The average molecular weight is 410 g/mol. The summed E-state index contributed by atoms with van der Waals surface area (Å²) in [5.41, 5.74) is 3.00. The summed E-state index contributed by atoms with van der Waals surface area (Å²) < 4.78 is 0. The highest BCUT2D eigenvalue weighted by Gasteiger charge is 2.12. The molecule has 8 nitrogen and oxygen atoms in total. The highest BCUT2D eigenvalue weighted by Crippen LogP contribution is 2.25. The predicted molar refractivity (Wildman–Crippen MR) is 111 cm³/mol. The maximum atomic E-state index is 12.3. The van der Waals surface area contributed by atoms with Crippen molar-refractivity contribution < 1.29 is 14.5 Å². The number of non-ortho nitro benzene ring substituents is 1. The van der Waals surface area contributed by atoms with Crippen molar-refractivity contribution in [2.24, 2.45) is 0 Å². The number of benzene rings is 2. The van der Waals surface area contributed by atoms with Crippen LogP contribution in [-0.4, -0.2) is 28.3 Å². The number of nitro groups is 1. The van der Waals surface area contributed by atoms with Gasteiger partial charge in [0.25, 0.3) is 11.6 Å². The van der Waals surface area contributed by atoms with Gasteiger partial charge in [-0.25, -0.2) is 4.98 Å². The summed E-state index contributed by atoms with van der Waals surface area (Å²) in [5.74, 6) is -0.429. The van der Waals surface area contributed by atoms with Crippen LogP contribution in [-0.2, 0) is 11.2 Å². The van der Waals surface area contributed by atoms with E-state index in [4.69, 9.17) is 0 Å². The smallest absolute Gasteiger partial charge is 0.269 e. The highest BCUT2D eigenvalue weighted by molar-refractivity contribution is 7.14. The van der Waals surface area contributed by atoms with Gasteiger partial charge in [-0.15, -0.1) is 11.3 Å². The topological polar surface area (TPSA) is 114 Å². The minimum absolute atomic E-state index is 0.0487. The van der Waals surface area contributed by atoms with Crippen LogP contribution in [0.15, 0.2) is 53.9 Å². The molecule has 0 saturated heterocycles.